The van der Waals surface area contributed by atoms with E-state index in [0.717, 1.165) is 11.3 Å². The summed E-state index contributed by atoms with van der Waals surface area (Å²) in [7, 11) is 4.73. The average molecular weight is 197 g/mol. The van der Waals surface area contributed by atoms with Crippen molar-refractivity contribution in [1.29, 1.82) is 0 Å². The summed E-state index contributed by atoms with van der Waals surface area (Å²) in [6.45, 7) is 0. The maximum absolute atomic E-state index is 5.78. The topological polar surface area (TPSA) is 53.7 Å². The molecule has 0 aliphatic heterocycles. The first-order chi connectivity index (χ1) is 6.72. The fourth-order valence-electron chi connectivity index (χ4n) is 1.23. The summed E-state index contributed by atoms with van der Waals surface area (Å²) in [5, 5.41) is 0. The second kappa shape index (κ2) is 4.83. The zero-order valence-electron chi connectivity index (χ0n) is 8.61. The molecule has 4 nitrogen and oxygen atoms in total. The van der Waals surface area contributed by atoms with Crippen LogP contribution in [0.15, 0.2) is 18.2 Å². The van der Waals surface area contributed by atoms with Crippen molar-refractivity contribution in [3.8, 4) is 5.75 Å². The standard InChI is InChI=1S/C10H15NO3/c1-12-7-4-5-9(11)8(6-7)10(13-2)14-3/h4-6,10H,11H2,1-3H3. The number of methoxy groups -OCH3 is 3. The van der Waals surface area contributed by atoms with E-state index in [1.54, 1.807) is 39.5 Å². The number of hydrogen-bond acceptors (Lipinski definition) is 4. The first kappa shape index (κ1) is 10.8. The van der Waals surface area contributed by atoms with Crippen LogP contribution in [0.25, 0.3) is 0 Å². The summed E-state index contributed by atoms with van der Waals surface area (Å²) in [6, 6.07) is 5.35. The zero-order valence-corrected chi connectivity index (χ0v) is 8.61. The summed E-state index contributed by atoms with van der Waals surface area (Å²) < 4.78 is 15.3. The van der Waals surface area contributed by atoms with E-state index in [9.17, 15) is 0 Å². The van der Waals surface area contributed by atoms with Gasteiger partial charge in [0.2, 0.25) is 0 Å². The van der Waals surface area contributed by atoms with Crippen LogP contribution in [0.1, 0.15) is 11.9 Å². The Morgan fingerprint density at radius 1 is 1.14 bits per heavy atom. The highest BCUT2D eigenvalue weighted by molar-refractivity contribution is 5.51. The van der Waals surface area contributed by atoms with E-state index in [1.165, 1.54) is 0 Å². The van der Waals surface area contributed by atoms with Crippen molar-refractivity contribution in [2.45, 2.75) is 6.29 Å². The second-order valence-corrected chi connectivity index (χ2v) is 2.80. The summed E-state index contributed by atoms with van der Waals surface area (Å²) in [5.41, 5.74) is 7.18. The lowest BCUT2D eigenvalue weighted by atomic mass is 10.1. The number of nitrogen functional groups attached to an aromatic ring is 1. The predicted molar refractivity (Wildman–Crippen MR) is 54.2 cm³/mol. The van der Waals surface area contributed by atoms with Gasteiger partial charge in [-0.25, -0.2) is 0 Å². The average Bonchev–Trinajstić information content (AvgIpc) is 2.22. The van der Waals surface area contributed by atoms with Crippen LogP contribution < -0.4 is 10.5 Å². The molecule has 4 heteroatoms. The minimum atomic E-state index is -0.454. The lowest BCUT2D eigenvalue weighted by molar-refractivity contribution is -0.105. The highest BCUT2D eigenvalue weighted by Crippen LogP contribution is 2.27. The van der Waals surface area contributed by atoms with Gasteiger partial charge in [0.25, 0.3) is 0 Å². The van der Waals surface area contributed by atoms with Gasteiger partial charge in [-0.2, -0.15) is 0 Å². The minimum absolute atomic E-state index is 0.454. The van der Waals surface area contributed by atoms with Crippen molar-refractivity contribution in [2.24, 2.45) is 0 Å². The molecule has 0 aromatic heterocycles. The van der Waals surface area contributed by atoms with Crippen LogP contribution in [0.2, 0.25) is 0 Å². The fraction of sp³-hybridized carbons (Fsp3) is 0.400. The molecule has 0 saturated carbocycles. The molecule has 0 aliphatic rings. The van der Waals surface area contributed by atoms with Gasteiger partial charge in [-0.05, 0) is 18.2 Å². The largest absolute Gasteiger partial charge is 0.497 e. The molecular weight excluding hydrogens is 182 g/mol. The van der Waals surface area contributed by atoms with E-state index in [2.05, 4.69) is 0 Å². The van der Waals surface area contributed by atoms with Crippen LogP contribution in [-0.2, 0) is 9.47 Å². The van der Waals surface area contributed by atoms with Crippen LogP contribution in [0, 0.1) is 0 Å². The summed E-state index contributed by atoms with van der Waals surface area (Å²) in [5.74, 6) is 0.730. The van der Waals surface area contributed by atoms with Gasteiger partial charge in [0.15, 0.2) is 6.29 Å². The Morgan fingerprint density at radius 2 is 1.79 bits per heavy atom. The molecule has 0 unspecified atom stereocenters. The van der Waals surface area contributed by atoms with Gasteiger partial charge in [-0.1, -0.05) is 0 Å². The first-order valence-electron chi connectivity index (χ1n) is 4.22. The molecule has 0 fully saturated rings. The third-order valence-corrected chi connectivity index (χ3v) is 1.98. The number of hydrogen-bond donors (Lipinski definition) is 1. The Morgan fingerprint density at radius 3 is 2.29 bits per heavy atom. The van der Waals surface area contributed by atoms with Crippen molar-refractivity contribution in [3.63, 3.8) is 0 Å². The molecule has 0 radical (unpaired) electrons. The molecule has 0 heterocycles. The Kier molecular flexibility index (Phi) is 3.73. The van der Waals surface area contributed by atoms with Crippen molar-refractivity contribution in [3.05, 3.63) is 23.8 Å². The molecule has 78 valence electrons. The number of ether oxygens (including phenoxy) is 3. The molecule has 0 saturated heterocycles. The van der Waals surface area contributed by atoms with Gasteiger partial charge in [-0.3, -0.25) is 0 Å². The Labute approximate surface area is 83.6 Å². The SMILES string of the molecule is COc1ccc(N)c(C(OC)OC)c1. The molecule has 0 bridgehead atoms. The second-order valence-electron chi connectivity index (χ2n) is 2.80. The quantitative estimate of drug-likeness (QED) is 0.588. The smallest absolute Gasteiger partial charge is 0.185 e. The predicted octanol–water partition coefficient (Wildman–Crippen LogP) is 1.57. The maximum atomic E-state index is 5.78. The van der Waals surface area contributed by atoms with Crippen molar-refractivity contribution >= 4 is 5.69 Å². The van der Waals surface area contributed by atoms with Gasteiger partial charge in [0.1, 0.15) is 5.75 Å². The van der Waals surface area contributed by atoms with Crippen LogP contribution in [0.5, 0.6) is 5.75 Å². The van der Waals surface area contributed by atoms with Gasteiger partial charge < -0.3 is 19.9 Å². The van der Waals surface area contributed by atoms with E-state index >= 15 is 0 Å². The monoisotopic (exact) mass is 197 g/mol. The molecule has 1 rings (SSSR count). The normalized spacial score (nSPS) is 10.6. The van der Waals surface area contributed by atoms with E-state index < -0.39 is 6.29 Å². The highest BCUT2D eigenvalue weighted by Gasteiger charge is 2.13. The molecule has 0 spiro atoms. The Bertz CT molecular complexity index is 297. The van der Waals surface area contributed by atoms with E-state index in [0.29, 0.717) is 5.69 Å². The van der Waals surface area contributed by atoms with Crippen LogP contribution >= 0.6 is 0 Å². The van der Waals surface area contributed by atoms with Gasteiger partial charge >= 0.3 is 0 Å². The maximum Gasteiger partial charge on any atom is 0.185 e. The highest BCUT2D eigenvalue weighted by atomic mass is 16.7. The van der Waals surface area contributed by atoms with Crippen LogP contribution in [0.4, 0.5) is 5.69 Å². The summed E-state index contributed by atoms with van der Waals surface area (Å²) in [6.07, 6.45) is -0.454. The van der Waals surface area contributed by atoms with Crippen LogP contribution in [-0.4, -0.2) is 21.3 Å². The van der Waals surface area contributed by atoms with E-state index in [4.69, 9.17) is 19.9 Å². The molecular formula is C10H15NO3. The number of rotatable bonds is 4. The van der Waals surface area contributed by atoms with Crippen molar-refractivity contribution in [2.75, 3.05) is 27.1 Å². The van der Waals surface area contributed by atoms with Crippen molar-refractivity contribution in [1.82, 2.24) is 0 Å². The Hall–Kier alpha value is -1.26. The molecule has 2 N–H and O–H groups in total. The first-order valence-corrected chi connectivity index (χ1v) is 4.22. The fourth-order valence-corrected chi connectivity index (χ4v) is 1.23. The van der Waals surface area contributed by atoms with E-state index in [-0.39, 0.29) is 0 Å². The molecule has 0 amide bonds. The van der Waals surface area contributed by atoms with E-state index in [1.807, 2.05) is 0 Å². The third kappa shape index (κ3) is 2.16. The molecule has 0 atom stereocenters. The lowest BCUT2D eigenvalue weighted by Crippen LogP contribution is -2.07. The van der Waals surface area contributed by atoms with Crippen LogP contribution in [0.3, 0.4) is 0 Å². The van der Waals surface area contributed by atoms with Gasteiger partial charge in [0, 0.05) is 25.5 Å². The molecule has 0 aliphatic carbocycles. The number of nitrogens with two attached hydrogens (primary N) is 1. The lowest BCUT2D eigenvalue weighted by Gasteiger charge is -2.16. The third-order valence-electron chi connectivity index (χ3n) is 1.98. The van der Waals surface area contributed by atoms with Crippen molar-refractivity contribution < 1.29 is 14.2 Å². The van der Waals surface area contributed by atoms with Gasteiger partial charge in [0.05, 0.1) is 7.11 Å². The molecule has 14 heavy (non-hydrogen) atoms. The number of benzene rings is 1. The molecule has 1 aromatic carbocycles. The van der Waals surface area contributed by atoms with Gasteiger partial charge in [-0.15, -0.1) is 0 Å². The summed E-state index contributed by atoms with van der Waals surface area (Å²) >= 11 is 0. The minimum Gasteiger partial charge on any atom is -0.497 e. The summed E-state index contributed by atoms with van der Waals surface area (Å²) in [4.78, 5) is 0. The number of anilines is 1. The zero-order chi connectivity index (χ0) is 10.6. The molecule has 1 aromatic rings. The Balaban J connectivity index is 3.04.